The van der Waals surface area contributed by atoms with E-state index in [0.29, 0.717) is 18.3 Å². The van der Waals surface area contributed by atoms with E-state index in [0.717, 1.165) is 51.4 Å². The van der Waals surface area contributed by atoms with Crippen molar-refractivity contribution in [1.82, 2.24) is 0 Å². The first-order valence-corrected chi connectivity index (χ1v) is 13.3. The van der Waals surface area contributed by atoms with E-state index in [9.17, 15) is 14.7 Å². The summed E-state index contributed by atoms with van der Waals surface area (Å²) in [5, 5.41) is 10.6. The molecule has 0 saturated heterocycles. The Morgan fingerprint density at radius 3 is 1.73 bits per heavy atom. The monoisotopic (exact) mass is 464 g/mol. The van der Waals surface area contributed by atoms with Crippen molar-refractivity contribution in [1.29, 1.82) is 0 Å². The lowest BCUT2D eigenvalue weighted by Gasteiger charge is -2.59. The number of aliphatic hydroxyl groups is 1. The number of hydrogen-bond donors (Lipinski definition) is 1. The van der Waals surface area contributed by atoms with E-state index in [4.69, 9.17) is 9.47 Å². The molecule has 0 heterocycles. The first kappa shape index (κ1) is 26.5. The molecule has 5 saturated carbocycles. The van der Waals surface area contributed by atoms with Gasteiger partial charge in [-0.15, -0.1) is 0 Å². The summed E-state index contributed by atoms with van der Waals surface area (Å²) in [7, 11) is 0. The van der Waals surface area contributed by atoms with Gasteiger partial charge in [0.25, 0.3) is 0 Å². The fourth-order valence-electron chi connectivity index (χ4n) is 6.46. The van der Waals surface area contributed by atoms with Gasteiger partial charge in [0, 0.05) is 6.42 Å². The second-order valence-electron chi connectivity index (χ2n) is 13.3. The van der Waals surface area contributed by atoms with Crippen LogP contribution in [0, 0.1) is 22.7 Å². The van der Waals surface area contributed by atoms with Gasteiger partial charge in [-0.3, -0.25) is 9.59 Å². The van der Waals surface area contributed by atoms with Crippen molar-refractivity contribution in [2.75, 3.05) is 0 Å². The molecule has 5 fully saturated rings. The Kier molecular flexibility index (Phi) is 7.36. The zero-order valence-corrected chi connectivity index (χ0v) is 22.2. The van der Waals surface area contributed by atoms with Crippen LogP contribution in [0.15, 0.2) is 0 Å². The molecule has 0 aromatic carbocycles. The Balaban J connectivity index is 0.000000196. The maximum absolute atomic E-state index is 12.4. The molecule has 0 radical (unpaired) electrons. The molecule has 5 aliphatic rings. The molecule has 0 aromatic rings. The first-order chi connectivity index (χ1) is 15.2. The topological polar surface area (TPSA) is 72.8 Å². The lowest BCUT2D eigenvalue weighted by Crippen LogP contribution is -2.61. The van der Waals surface area contributed by atoms with Crippen LogP contribution in [0.3, 0.4) is 0 Å². The van der Waals surface area contributed by atoms with Crippen LogP contribution in [0.1, 0.15) is 126 Å². The van der Waals surface area contributed by atoms with Crippen molar-refractivity contribution in [2.24, 2.45) is 22.7 Å². The molecule has 33 heavy (non-hydrogen) atoms. The predicted molar refractivity (Wildman–Crippen MR) is 130 cm³/mol. The third kappa shape index (κ3) is 5.94. The normalized spacial score (nSPS) is 34.4. The van der Waals surface area contributed by atoms with Crippen molar-refractivity contribution in [3.05, 3.63) is 0 Å². The van der Waals surface area contributed by atoms with Crippen molar-refractivity contribution in [3.8, 4) is 0 Å². The van der Waals surface area contributed by atoms with Crippen molar-refractivity contribution < 1.29 is 24.2 Å². The maximum Gasteiger partial charge on any atom is 0.312 e. The number of ether oxygens (including phenoxy) is 2. The van der Waals surface area contributed by atoms with Crippen LogP contribution in [0.25, 0.3) is 0 Å². The minimum absolute atomic E-state index is 0.0376. The van der Waals surface area contributed by atoms with Crippen LogP contribution in [0.5, 0.6) is 0 Å². The summed E-state index contributed by atoms with van der Waals surface area (Å²) in [4.78, 5) is 24.2. The minimum atomic E-state index is -0.555. The standard InChI is InChI=1S/C16H26O3.C12H22O2/c1-4-14(2,3)13(17)19-16-8-11-5-12(9-16)7-15(18,6-11)10-16;1-5-11(2,3)10(13)14-12(4)8-6-7-9-12/h11-12,18H,4-10H2,1-3H3;5-9H2,1-4H3. The van der Waals surface area contributed by atoms with Gasteiger partial charge in [-0.1, -0.05) is 13.8 Å². The molecular formula is C28H48O5. The van der Waals surface area contributed by atoms with Crippen LogP contribution in [-0.2, 0) is 19.1 Å². The van der Waals surface area contributed by atoms with Gasteiger partial charge in [0.15, 0.2) is 0 Å². The highest BCUT2D eigenvalue weighted by molar-refractivity contribution is 5.76. The number of hydrogen-bond acceptors (Lipinski definition) is 5. The zero-order chi connectivity index (χ0) is 24.7. The van der Waals surface area contributed by atoms with Crippen LogP contribution >= 0.6 is 0 Å². The fraction of sp³-hybridized carbons (Fsp3) is 0.929. The van der Waals surface area contributed by atoms with Crippen LogP contribution in [-0.4, -0.2) is 33.8 Å². The van der Waals surface area contributed by atoms with E-state index in [1.165, 1.54) is 19.3 Å². The molecule has 2 atom stereocenters. The minimum Gasteiger partial charge on any atom is -0.459 e. The van der Waals surface area contributed by atoms with Crippen molar-refractivity contribution >= 4 is 11.9 Å². The number of carbonyl (C=O) groups excluding carboxylic acids is 2. The second-order valence-corrected chi connectivity index (χ2v) is 13.3. The Hall–Kier alpha value is -1.10. The van der Waals surface area contributed by atoms with Gasteiger partial charge in [-0.25, -0.2) is 0 Å². The van der Waals surface area contributed by atoms with Crippen LogP contribution < -0.4 is 0 Å². The average molecular weight is 465 g/mol. The average Bonchev–Trinajstić information content (AvgIpc) is 3.12. The van der Waals surface area contributed by atoms with E-state index in [-0.39, 0.29) is 28.6 Å². The summed E-state index contributed by atoms with van der Waals surface area (Å²) >= 11 is 0. The number of esters is 2. The van der Waals surface area contributed by atoms with Gasteiger partial charge >= 0.3 is 11.9 Å². The zero-order valence-electron chi connectivity index (χ0n) is 22.2. The van der Waals surface area contributed by atoms with Crippen LogP contribution in [0.4, 0.5) is 0 Å². The molecule has 4 bridgehead atoms. The highest BCUT2D eigenvalue weighted by Crippen LogP contribution is 2.59. The van der Waals surface area contributed by atoms with E-state index >= 15 is 0 Å². The smallest absolute Gasteiger partial charge is 0.312 e. The Bertz CT molecular complexity index is 717. The van der Waals surface area contributed by atoms with E-state index in [1.807, 2.05) is 41.5 Å². The lowest BCUT2D eigenvalue weighted by molar-refractivity contribution is -0.225. The molecular weight excluding hydrogens is 416 g/mol. The second kappa shape index (κ2) is 9.17. The molecule has 5 heteroatoms. The van der Waals surface area contributed by atoms with E-state index in [1.54, 1.807) is 0 Å². The Morgan fingerprint density at radius 2 is 1.30 bits per heavy atom. The van der Waals surface area contributed by atoms with E-state index < -0.39 is 11.0 Å². The molecule has 0 spiro atoms. The summed E-state index contributed by atoms with van der Waals surface area (Å²) in [6, 6.07) is 0. The molecule has 5 aliphatic carbocycles. The van der Waals surface area contributed by atoms with Gasteiger partial charge in [-0.2, -0.15) is 0 Å². The maximum atomic E-state index is 12.4. The van der Waals surface area contributed by atoms with Gasteiger partial charge in [0.05, 0.1) is 16.4 Å². The highest BCUT2D eigenvalue weighted by atomic mass is 16.6. The molecule has 5 nitrogen and oxygen atoms in total. The first-order valence-electron chi connectivity index (χ1n) is 13.3. The van der Waals surface area contributed by atoms with Crippen molar-refractivity contribution in [3.63, 3.8) is 0 Å². The fourth-order valence-corrected chi connectivity index (χ4v) is 6.46. The molecule has 5 rings (SSSR count). The predicted octanol–water partition coefficient (Wildman–Crippen LogP) is 6.35. The van der Waals surface area contributed by atoms with Crippen molar-refractivity contribution in [2.45, 2.75) is 142 Å². The molecule has 190 valence electrons. The highest BCUT2D eigenvalue weighted by Gasteiger charge is 2.59. The van der Waals surface area contributed by atoms with Gasteiger partial charge in [0.1, 0.15) is 11.2 Å². The molecule has 2 unspecified atom stereocenters. The van der Waals surface area contributed by atoms with Crippen LogP contribution in [0.2, 0.25) is 0 Å². The lowest BCUT2D eigenvalue weighted by atomic mass is 9.52. The number of carbonyl (C=O) groups is 2. The molecule has 0 aromatic heterocycles. The third-order valence-electron chi connectivity index (χ3n) is 9.16. The molecule has 0 aliphatic heterocycles. The van der Waals surface area contributed by atoms with Gasteiger partial charge < -0.3 is 14.6 Å². The Morgan fingerprint density at radius 1 is 0.848 bits per heavy atom. The molecule has 1 N–H and O–H groups in total. The summed E-state index contributed by atoms with van der Waals surface area (Å²) in [5.41, 5.74) is -1.83. The SMILES string of the molecule is CCC(C)(C)C(=O)OC1(C)CCCC1.CCC(C)(C)C(=O)OC12CC3CC(CC(O)(C3)C1)C2. The van der Waals surface area contributed by atoms with E-state index in [2.05, 4.69) is 6.92 Å². The quantitative estimate of drug-likeness (QED) is 0.464. The summed E-state index contributed by atoms with van der Waals surface area (Å²) in [6.45, 7) is 13.9. The number of rotatable bonds is 6. The van der Waals surface area contributed by atoms with Gasteiger partial charge in [-0.05, 0) is 117 Å². The Labute approximate surface area is 201 Å². The third-order valence-corrected chi connectivity index (χ3v) is 9.16. The largest absolute Gasteiger partial charge is 0.459 e. The van der Waals surface area contributed by atoms with Gasteiger partial charge in [0.2, 0.25) is 0 Å². The summed E-state index contributed by atoms with van der Waals surface area (Å²) < 4.78 is 11.6. The molecule has 0 amide bonds. The summed E-state index contributed by atoms with van der Waals surface area (Å²) in [6.07, 6.45) is 11.7. The summed E-state index contributed by atoms with van der Waals surface area (Å²) in [5.74, 6) is 0.998.